The number of rotatable bonds is 7. The summed E-state index contributed by atoms with van der Waals surface area (Å²) in [5.74, 6) is -0.538. The Morgan fingerprint density at radius 3 is 2.13 bits per heavy atom. The van der Waals surface area contributed by atoms with Gasteiger partial charge in [0.05, 0.1) is 11.0 Å². The van der Waals surface area contributed by atoms with Gasteiger partial charge in [-0.25, -0.2) is 4.79 Å². The largest absolute Gasteiger partial charge is 0.478 e. The van der Waals surface area contributed by atoms with Gasteiger partial charge in [0, 0.05) is 50.0 Å². The van der Waals surface area contributed by atoms with E-state index < -0.39 is 11.4 Å². The van der Waals surface area contributed by atoms with E-state index in [1.807, 2.05) is 35.2 Å². The Labute approximate surface area is 273 Å². The second-order valence-electron chi connectivity index (χ2n) is 14.7. The topological polar surface area (TPSA) is 81.2 Å². The number of carboxylic acid groups (broad SMARTS) is 1. The molecule has 2 saturated heterocycles. The lowest BCUT2D eigenvalue weighted by molar-refractivity contribution is -0.144. The molecule has 0 unspecified atom stereocenters. The number of carboxylic acids is 1. The molecule has 2 aromatic rings. The van der Waals surface area contributed by atoms with E-state index in [0.717, 1.165) is 37.2 Å². The first kappa shape index (κ1) is 32.2. The summed E-state index contributed by atoms with van der Waals surface area (Å²) >= 11 is 0. The SMILES string of the molecule is CC1(C)C(c2ccc(C(=O)O)cc2)=CC[C@]2(C)CN(C(=O)C3(c4ccccc4)CCN(C(=O)CCN4CCCCC4)CC3)CC=C12. The van der Waals surface area contributed by atoms with Gasteiger partial charge in [0.25, 0.3) is 0 Å². The molecule has 2 amide bonds. The smallest absolute Gasteiger partial charge is 0.335 e. The maximum atomic E-state index is 14.8. The van der Waals surface area contributed by atoms with E-state index >= 15 is 0 Å². The van der Waals surface area contributed by atoms with Crippen molar-refractivity contribution < 1.29 is 19.5 Å². The van der Waals surface area contributed by atoms with Crippen molar-refractivity contribution >= 4 is 23.4 Å². The first-order valence-electron chi connectivity index (χ1n) is 17.1. The Morgan fingerprint density at radius 2 is 1.48 bits per heavy atom. The van der Waals surface area contributed by atoms with Crippen molar-refractivity contribution in [1.82, 2.24) is 14.7 Å². The van der Waals surface area contributed by atoms with Gasteiger partial charge in [-0.3, -0.25) is 9.59 Å². The van der Waals surface area contributed by atoms with Gasteiger partial charge in [-0.2, -0.15) is 0 Å². The van der Waals surface area contributed by atoms with Gasteiger partial charge in [-0.1, -0.05) is 87.4 Å². The van der Waals surface area contributed by atoms with Crippen LogP contribution in [0, 0.1) is 10.8 Å². The van der Waals surface area contributed by atoms with Crippen LogP contribution in [-0.4, -0.2) is 83.4 Å². The number of benzene rings is 2. The fourth-order valence-corrected chi connectivity index (χ4v) is 8.77. The zero-order chi connectivity index (χ0) is 32.5. The van der Waals surface area contributed by atoms with Gasteiger partial charge in [0.2, 0.25) is 11.8 Å². The van der Waals surface area contributed by atoms with Crippen LogP contribution in [0.25, 0.3) is 5.57 Å². The Morgan fingerprint density at radius 1 is 0.804 bits per heavy atom. The van der Waals surface area contributed by atoms with Crippen molar-refractivity contribution in [3.8, 4) is 0 Å². The number of nitrogens with zero attached hydrogens (tertiary/aromatic N) is 3. The maximum absolute atomic E-state index is 14.8. The predicted octanol–water partition coefficient (Wildman–Crippen LogP) is 6.41. The standard InChI is InChI=1S/C39H49N3O4/c1-37(2)32(29-12-14-30(15-13-29)35(44)45)16-19-38(3)28-42(25-17-33(37)38)36(46)39(31-10-6-4-7-11-31)20-26-41(27-21-39)34(43)18-24-40-22-8-5-9-23-40/h4,6-7,10-17H,5,8-9,18-28H2,1-3H3,(H,44,45)/t38-/m1/s1. The van der Waals surface area contributed by atoms with Crippen LogP contribution >= 0.6 is 0 Å². The molecule has 2 aromatic carbocycles. The molecule has 0 aromatic heterocycles. The highest BCUT2D eigenvalue weighted by atomic mass is 16.4. The molecule has 2 fully saturated rings. The summed E-state index contributed by atoms with van der Waals surface area (Å²) in [6.45, 7) is 12.2. The van der Waals surface area contributed by atoms with Crippen LogP contribution in [0.15, 0.2) is 72.3 Å². The van der Waals surface area contributed by atoms with Gasteiger partial charge in [0.15, 0.2) is 0 Å². The molecular weight excluding hydrogens is 574 g/mol. The maximum Gasteiger partial charge on any atom is 0.335 e. The van der Waals surface area contributed by atoms with E-state index in [-0.39, 0.29) is 28.2 Å². The van der Waals surface area contributed by atoms with Gasteiger partial charge < -0.3 is 19.8 Å². The molecule has 3 aliphatic heterocycles. The lowest BCUT2D eigenvalue weighted by atomic mass is 9.58. The number of hydrogen-bond donors (Lipinski definition) is 1. The second-order valence-corrected chi connectivity index (χ2v) is 14.7. The van der Waals surface area contributed by atoms with Crippen molar-refractivity contribution in [3.63, 3.8) is 0 Å². The summed E-state index contributed by atoms with van der Waals surface area (Å²) in [5.41, 5.74) is 3.80. The Bertz CT molecular complexity index is 1510. The van der Waals surface area contributed by atoms with Crippen LogP contribution in [0.1, 0.15) is 87.2 Å². The molecule has 0 spiro atoms. The molecule has 1 aliphatic carbocycles. The number of carbonyl (C=O) groups is 3. The summed E-state index contributed by atoms with van der Waals surface area (Å²) in [6, 6.07) is 17.4. The van der Waals surface area contributed by atoms with Crippen LogP contribution in [-0.2, 0) is 15.0 Å². The first-order valence-corrected chi connectivity index (χ1v) is 17.1. The van der Waals surface area contributed by atoms with E-state index in [1.54, 1.807) is 12.1 Å². The molecule has 0 radical (unpaired) electrons. The highest BCUT2D eigenvalue weighted by Crippen LogP contribution is 2.55. The molecule has 7 nitrogen and oxygen atoms in total. The molecule has 0 saturated carbocycles. The van der Waals surface area contributed by atoms with E-state index in [9.17, 15) is 19.5 Å². The van der Waals surface area contributed by atoms with Gasteiger partial charge in [-0.05, 0) is 74.0 Å². The number of allylic oxidation sites excluding steroid dienone is 2. The number of hydrogen-bond acceptors (Lipinski definition) is 4. The predicted molar refractivity (Wildman–Crippen MR) is 181 cm³/mol. The summed E-state index contributed by atoms with van der Waals surface area (Å²) in [6.07, 6.45) is 10.9. The van der Waals surface area contributed by atoms with Gasteiger partial charge in [0.1, 0.15) is 0 Å². The lowest BCUT2D eigenvalue weighted by Crippen LogP contribution is -2.57. The van der Waals surface area contributed by atoms with Crippen LogP contribution in [0.4, 0.5) is 0 Å². The Hall–Kier alpha value is -3.71. The number of aromatic carboxylic acids is 1. The van der Waals surface area contributed by atoms with Crippen molar-refractivity contribution in [2.24, 2.45) is 10.8 Å². The van der Waals surface area contributed by atoms with Gasteiger partial charge >= 0.3 is 5.97 Å². The fraction of sp³-hybridized carbons (Fsp3) is 0.513. The molecule has 1 atom stereocenters. The van der Waals surface area contributed by atoms with Crippen LogP contribution < -0.4 is 0 Å². The van der Waals surface area contributed by atoms with E-state index in [1.165, 1.54) is 30.4 Å². The minimum Gasteiger partial charge on any atom is -0.478 e. The molecule has 244 valence electrons. The quantitative estimate of drug-likeness (QED) is 0.361. The third-order valence-electron chi connectivity index (χ3n) is 11.3. The number of fused-ring (bicyclic) bond motifs is 1. The Kier molecular flexibility index (Phi) is 8.99. The number of piperidine rings is 2. The molecule has 7 heteroatoms. The first-order chi connectivity index (χ1) is 22.0. The van der Waals surface area contributed by atoms with Crippen molar-refractivity contribution in [1.29, 1.82) is 0 Å². The average molecular weight is 624 g/mol. The van der Waals surface area contributed by atoms with E-state index in [4.69, 9.17) is 0 Å². The Balaban J connectivity index is 1.19. The summed E-state index contributed by atoms with van der Waals surface area (Å²) in [4.78, 5) is 45.9. The van der Waals surface area contributed by atoms with Crippen molar-refractivity contribution in [2.45, 2.75) is 71.1 Å². The number of amides is 2. The van der Waals surface area contributed by atoms with Crippen molar-refractivity contribution in [3.05, 3.63) is 89.0 Å². The van der Waals surface area contributed by atoms with E-state index in [0.29, 0.717) is 45.4 Å². The monoisotopic (exact) mass is 623 g/mol. The van der Waals surface area contributed by atoms with E-state index in [2.05, 4.69) is 54.9 Å². The summed E-state index contributed by atoms with van der Waals surface area (Å²) < 4.78 is 0. The number of carbonyl (C=O) groups excluding carboxylic acids is 2. The molecular formula is C39H49N3O4. The zero-order valence-electron chi connectivity index (χ0n) is 27.8. The van der Waals surface area contributed by atoms with Crippen LogP contribution in [0.2, 0.25) is 0 Å². The molecule has 3 heterocycles. The molecule has 46 heavy (non-hydrogen) atoms. The zero-order valence-corrected chi connectivity index (χ0v) is 27.8. The van der Waals surface area contributed by atoms with Gasteiger partial charge in [-0.15, -0.1) is 0 Å². The van der Waals surface area contributed by atoms with Crippen molar-refractivity contribution in [2.75, 3.05) is 45.8 Å². The highest BCUT2D eigenvalue weighted by Gasteiger charge is 2.50. The fourth-order valence-electron chi connectivity index (χ4n) is 8.77. The molecule has 6 rings (SSSR count). The second kappa shape index (κ2) is 12.8. The minimum absolute atomic E-state index is 0.174. The summed E-state index contributed by atoms with van der Waals surface area (Å²) in [5, 5.41) is 9.36. The molecule has 0 bridgehead atoms. The van der Waals surface area contributed by atoms with Crippen LogP contribution in [0.5, 0.6) is 0 Å². The highest BCUT2D eigenvalue weighted by molar-refractivity contribution is 5.90. The minimum atomic E-state index is -0.922. The number of likely N-dealkylation sites (tertiary alicyclic amines) is 2. The third-order valence-corrected chi connectivity index (χ3v) is 11.3. The summed E-state index contributed by atoms with van der Waals surface area (Å²) in [7, 11) is 0. The van der Waals surface area contributed by atoms with Crippen LogP contribution in [0.3, 0.4) is 0 Å². The molecule has 1 N–H and O–H groups in total. The lowest BCUT2D eigenvalue weighted by Gasteiger charge is -2.52. The average Bonchev–Trinajstić information content (AvgIpc) is 3.07. The third kappa shape index (κ3) is 6.06. The molecule has 4 aliphatic rings. The normalized spacial score (nSPS) is 24.4.